The molecule has 1 aliphatic rings. The van der Waals surface area contributed by atoms with E-state index >= 15 is 0 Å². The Balaban J connectivity index is 1.71. The van der Waals surface area contributed by atoms with E-state index in [1.807, 2.05) is 37.3 Å². The van der Waals surface area contributed by atoms with Crippen molar-refractivity contribution in [3.63, 3.8) is 0 Å². The van der Waals surface area contributed by atoms with E-state index in [-0.39, 0.29) is 11.3 Å². The second-order valence-electron chi connectivity index (χ2n) is 8.93. The second kappa shape index (κ2) is 10.4. The SMILES string of the molecule is CC[NH+](CC)CCCN1C(=O)C([O-])=C(C(=O)c2cc3cccc(OC)c3o2)C1c1ccc(C)cc1. The lowest BCUT2D eigenvalue weighted by atomic mass is 9.94. The summed E-state index contributed by atoms with van der Waals surface area (Å²) in [4.78, 5) is 29.8. The number of methoxy groups -OCH3 is 1. The van der Waals surface area contributed by atoms with Crippen molar-refractivity contribution >= 4 is 22.7 Å². The van der Waals surface area contributed by atoms with Crippen LogP contribution in [0, 0.1) is 6.92 Å². The van der Waals surface area contributed by atoms with Gasteiger partial charge in [0.15, 0.2) is 17.1 Å². The topological polar surface area (TPSA) is 87.2 Å². The van der Waals surface area contributed by atoms with Crippen molar-refractivity contribution in [3.05, 3.63) is 76.8 Å². The number of hydrogen-bond acceptors (Lipinski definition) is 5. The molecule has 7 heteroatoms. The van der Waals surface area contributed by atoms with Crippen molar-refractivity contribution in [2.75, 3.05) is 33.3 Å². The number of carbonyl (C=O) groups is 2. The summed E-state index contributed by atoms with van der Waals surface area (Å²) >= 11 is 0. The van der Waals surface area contributed by atoms with Gasteiger partial charge < -0.3 is 24.1 Å². The predicted octanol–water partition coefficient (Wildman–Crippen LogP) is 2.45. The molecule has 184 valence electrons. The number of fused-ring (bicyclic) bond motifs is 1. The van der Waals surface area contributed by atoms with E-state index in [1.165, 1.54) is 12.0 Å². The molecule has 0 spiro atoms. The molecule has 1 aromatic heterocycles. The van der Waals surface area contributed by atoms with Crippen LogP contribution in [0.15, 0.2) is 64.3 Å². The summed E-state index contributed by atoms with van der Waals surface area (Å²) < 4.78 is 11.2. The maximum atomic E-state index is 13.7. The molecule has 0 saturated heterocycles. The van der Waals surface area contributed by atoms with Crippen LogP contribution in [0.4, 0.5) is 0 Å². The number of carbonyl (C=O) groups excluding carboxylic acids is 2. The van der Waals surface area contributed by atoms with Gasteiger partial charge in [-0.05, 0) is 44.2 Å². The zero-order valence-electron chi connectivity index (χ0n) is 20.7. The van der Waals surface area contributed by atoms with Gasteiger partial charge >= 0.3 is 0 Å². The Bertz CT molecular complexity index is 1250. The summed E-state index contributed by atoms with van der Waals surface area (Å²) in [5, 5.41) is 13.9. The van der Waals surface area contributed by atoms with Crippen LogP contribution in [0.3, 0.4) is 0 Å². The number of nitrogens with zero attached hydrogens (tertiary/aromatic N) is 1. The van der Waals surface area contributed by atoms with Crippen LogP contribution in [0.5, 0.6) is 5.75 Å². The highest BCUT2D eigenvalue weighted by atomic mass is 16.5. The zero-order valence-corrected chi connectivity index (χ0v) is 20.7. The standard InChI is InChI=1S/C28H32N2O5/c1-5-29(6-2)15-8-16-30-24(19-13-11-18(3)12-14-19)23(26(32)28(30)33)25(31)22-17-20-9-7-10-21(34-4)27(20)35-22/h7,9-14,17,24,32H,5-6,8,15-16H2,1-4H3. The molecule has 7 nitrogen and oxygen atoms in total. The van der Waals surface area contributed by atoms with Crippen LogP contribution in [0.25, 0.3) is 11.0 Å². The van der Waals surface area contributed by atoms with E-state index in [2.05, 4.69) is 13.8 Å². The minimum absolute atomic E-state index is 0.0206. The molecule has 0 bridgehead atoms. The molecule has 3 aromatic rings. The molecule has 2 heterocycles. The average Bonchev–Trinajstić information content (AvgIpc) is 3.41. The number of hydrogen-bond donors (Lipinski definition) is 1. The molecule has 0 radical (unpaired) electrons. The summed E-state index contributed by atoms with van der Waals surface area (Å²) in [5.41, 5.74) is 2.16. The fraction of sp³-hybridized carbons (Fsp3) is 0.357. The molecule has 1 atom stereocenters. The summed E-state index contributed by atoms with van der Waals surface area (Å²) in [7, 11) is 1.53. The minimum atomic E-state index is -0.761. The van der Waals surface area contributed by atoms with Gasteiger partial charge in [0, 0.05) is 23.9 Å². The number of Topliss-reactive ketones (excluding diaryl/α,β-unsaturated/α-hetero) is 1. The van der Waals surface area contributed by atoms with Crippen LogP contribution < -0.4 is 14.7 Å². The van der Waals surface area contributed by atoms with Gasteiger partial charge in [-0.25, -0.2) is 0 Å². The number of ether oxygens (including phenoxy) is 1. The number of para-hydroxylation sites is 1. The highest BCUT2D eigenvalue weighted by Crippen LogP contribution is 2.39. The van der Waals surface area contributed by atoms with Crippen LogP contribution in [-0.2, 0) is 4.79 Å². The molecule has 0 saturated carbocycles. The van der Waals surface area contributed by atoms with Gasteiger partial charge in [0.1, 0.15) is 0 Å². The molecule has 1 unspecified atom stereocenters. The third-order valence-electron chi connectivity index (χ3n) is 6.80. The number of rotatable bonds is 10. The number of amides is 1. The first-order chi connectivity index (χ1) is 16.9. The van der Waals surface area contributed by atoms with Crippen molar-refractivity contribution in [2.24, 2.45) is 0 Å². The Morgan fingerprint density at radius 3 is 2.51 bits per heavy atom. The average molecular weight is 477 g/mol. The zero-order chi connectivity index (χ0) is 25.1. The van der Waals surface area contributed by atoms with Gasteiger partial charge in [0.2, 0.25) is 11.7 Å². The third kappa shape index (κ3) is 4.68. The lowest BCUT2D eigenvalue weighted by Gasteiger charge is -2.28. The highest BCUT2D eigenvalue weighted by molar-refractivity contribution is 6.15. The van der Waals surface area contributed by atoms with Crippen LogP contribution in [-0.4, -0.2) is 49.9 Å². The number of aryl methyl sites for hydroxylation is 1. The van der Waals surface area contributed by atoms with Gasteiger partial charge in [0.25, 0.3) is 0 Å². The number of quaternary nitrogens is 1. The molecule has 0 fully saturated rings. The molecular weight excluding hydrogens is 444 g/mol. The lowest BCUT2D eigenvalue weighted by molar-refractivity contribution is -0.896. The first-order valence-electron chi connectivity index (χ1n) is 12.1. The predicted molar refractivity (Wildman–Crippen MR) is 131 cm³/mol. The molecule has 1 N–H and O–H groups in total. The smallest absolute Gasteiger partial charge is 0.239 e. The minimum Gasteiger partial charge on any atom is -0.868 e. The van der Waals surface area contributed by atoms with E-state index in [0.717, 1.165) is 37.2 Å². The Kier molecular flexibility index (Phi) is 7.26. The monoisotopic (exact) mass is 476 g/mol. The lowest BCUT2D eigenvalue weighted by Crippen LogP contribution is -3.11. The van der Waals surface area contributed by atoms with Crippen molar-refractivity contribution in [1.82, 2.24) is 4.90 Å². The van der Waals surface area contributed by atoms with Gasteiger partial charge in [-0.2, -0.15) is 0 Å². The molecule has 0 aliphatic carbocycles. The number of benzene rings is 2. The maximum absolute atomic E-state index is 13.7. The van der Waals surface area contributed by atoms with E-state index in [4.69, 9.17) is 9.15 Å². The quantitative estimate of drug-likeness (QED) is 0.454. The largest absolute Gasteiger partial charge is 0.868 e. The first kappa shape index (κ1) is 24.5. The van der Waals surface area contributed by atoms with Crippen molar-refractivity contribution < 1.29 is 28.7 Å². The Morgan fingerprint density at radius 2 is 1.86 bits per heavy atom. The van der Waals surface area contributed by atoms with Crippen LogP contribution >= 0.6 is 0 Å². The van der Waals surface area contributed by atoms with Crippen molar-refractivity contribution in [1.29, 1.82) is 0 Å². The first-order valence-corrected chi connectivity index (χ1v) is 12.1. The highest BCUT2D eigenvalue weighted by Gasteiger charge is 2.40. The fourth-order valence-electron chi connectivity index (χ4n) is 4.74. The number of ketones is 1. The van der Waals surface area contributed by atoms with E-state index in [1.54, 1.807) is 23.1 Å². The maximum Gasteiger partial charge on any atom is 0.239 e. The molecular formula is C28H32N2O5. The summed E-state index contributed by atoms with van der Waals surface area (Å²) in [5.74, 6) is -1.45. The van der Waals surface area contributed by atoms with Gasteiger partial charge in [-0.3, -0.25) is 9.59 Å². The molecule has 2 aromatic carbocycles. The molecule has 1 amide bonds. The fourth-order valence-corrected chi connectivity index (χ4v) is 4.74. The van der Waals surface area contributed by atoms with Crippen molar-refractivity contribution in [2.45, 2.75) is 33.2 Å². The van der Waals surface area contributed by atoms with Crippen LogP contribution in [0.1, 0.15) is 48.0 Å². The van der Waals surface area contributed by atoms with Crippen LogP contribution in [0.2, 0.25) is 0 Å². The summed E-state index contributed by atoms with van der Waals surface area (Å²) in [6.45, 7) is 9.51. The summed E-state index contributed by atoms with van der Waals surface area (Å²) in [6, 6.07) is 13.8. The van der Waals surface area contributed by atoms with E-state index < -0.39 is 23.5 Å². The van der Waals surface area contributed by atoms with Gasteiger partial charge in [-0.1, -0.05) is 42.0 Å². The second-order valence-corrected chi connectivity index (χ2v) is 8.93. The molecule has 4 rings (SSSR count). The normalized spacial score (nSPS) is 16.1. The molecule has 1 aliphatic heterocycles. The van der Waals surface area contributed by atoms with E-state index in [0.29, 0.717) is 23.3 Å². The van der Waals surface area contributed by atoms with Gasteiger partial charge in [0.05, 0.1) is 32.8 Å². The van der Waals surface area contributed by atoms with Gasteiger partial charge in [-0.15, -0.1) is 0 Å². The molecule has 35 heavy (non-hydrogen) atoms. The van der Waals surface area contributed by atoms with E-state index in [9.17, 15) is 14.7 Å². The number of nitrogens with one attached hydrogen (secondary N) is 1. The number of furan rings is 1. The van der Waals surface area contributed by atoms with Crippen molar-refractivity contribution in [3.8, 4) is 5.75 Å². The Hall–Kier alpha value is -3.58. The Labute approximate surface area is 205 Å². The third-order valence-corrected chi connectivity index (χ3v) is 6.80. The Morgan fingerprint density at radius 1 is 1.14 bits per heavy atom. The summed E-state index contributed by atoms with van der Waals surface area (Å²) in [6.07, 6.45) is 0.738.